The van der Waals surface area contributed by atoms with Crippen LogP contribution >= 0.6 is 39.0 Å². The maximum absolute atomic E-state index is 15.3. The van der Waals surface area contributed by atoms with Gasteiger partial charge in [0.15, 0.2) is 70.4 Å². The normalized spacial score (nSPS) is 31.3. The van der Waals surface area contributed by atoms with Crippen LogP contribution in [0.2, 0.25) is 0 Å². The van der Waals surface area contributed by atoms with Crippen molar-refractivity contribution < 1.29 is 47.0 Å². The van der Waals surface area contributed by atoms with Gasteiger partial charge in [0.2, 0.25) is 0 Å². The smallest absolute Gasteiger partial charge is 0.394 e. The van der Waals surface area contributed by atoms with Gasteiger partial charge < -0.3 is 35.1 Å². The van der Waals surface area contributed by atoms with Crippen LogP contribution in [-0.2, 0) is 32.4 Å². The first-order valence-corrected chi connectivity index (χ1v) is 19.8. The number of fused-ring (bicyclic) bond motifs is 4. The van der Waals surface area contributed by atoms with Gasteiger partial charge in [-0.15, -0.1) is 9.05 Å². The Labute approximate surface area is 294 Å². The van der Waals surface area contributed by atoms with E-state index in [4.69, 9.17) is 23.3 Å². The van der Waals surface area contributed by atoms with Crippen LogP contribution in [0.15, 0.2) is 37.5 Å². The second-order valence-corrected chi connectivity index (χ2v) is 14.8. The van der Waals surface area contributed by atoms with E-state index in [1.807, 2.05) is 12.2 Å². The van der Waals surface area contributed by atoms with Gasteiger partial charge in [0.1, 0.15) is 49.4 Å². The van der Waals surface area contributed by atoms with E-state index < -0.39 is 82.4 Å². The molecule has 4 N–H and O–H groups in total. The summed E-state index contributed by atoms with van der Waals surface area (Å²) in [5, 5.41) is 26.2. The number of rotatable bonds is 14. The Morgan fingerprint density at radius 1 is 0.920 bits per heavy atom. The Hall–Kier alpha value is -3.01. The van der Waals surface area contributed by atoms with Gasteiger partial charge in [0.05, 0.1) is 32.0 Å². The number of hydrogen-bond acceptors (Lipinski definition) is 17. The maximum Gasteiger partial charge on any atom is 0.582 e. The molecule has 0 amide bonds. The molecule has 0 saturated carbocycles. The lowest BCUT2D eigenvalue weighted by atomic mass is 9.94. The molecule has 0 aromatic carbocycles. The van der Waals surface area contributed by atoms with Gasteiger partial charge in [-0.3, -0.25) is 9.13 Å². The number of nitrogens with one attached hydrogen (secondary N) is 2. The fraction of sp³-hybridized carbons (Fsp3) is 0.538. The summed E-state index contributed by atoms with van der Waals surface area (Å²) in [4.78, 5) is 26.0. The van der Waals surface area contributed by atoms with Gasteiger partial charge in [-0.2, -0.15) is 0 Å². The molecule has 266 valence electrons. The molecule has 3 aliphatic heterocycles. The van der Waals surface area contributed by atoms with Crippen LogP contribution in [0, 0.1) is 0 Å². The summed E-state index contributed by atoms with van der Waals surface area (Å²) < 4.78 is 70.1. The topological polar surface area (TPSA) is 232 Å². The van der Waals surface area contributed by atoms with Crippen LogP contribution < -0.4 is 10.6 Å². The second kappa shape index (κ2) is 14.5. The predicted octanol–water partition coefficient (Wildman–Crippen LogP) is 2.27. The quantitative estimate of drug-likeness (QED) is 0.0613. The van der Waals surface area contributed by atoms with E-state index in [2.05, 4.69) is 65.0 Å². The van der Waals surface area contributed by atoms with Crippen molar-refractivity contribution in [2.45, 2.75) is 61.7 Å². The minimum atomic E-state index is -2.43. The highest BCUT2D eigenvalue weighted by molar-refractivity contribution is 8.39. The molecule has 24 heteroatoms. The highest BCUT2D eigenvalue weighted by Gasteiger charge is 2.69. The molecule has 11 unspecified atom stereocenters. The molecule has 3 fully saturated rings. The summed E-state index contributed by atoms with van der Waals surface area (Å²) in [5.41, 5.74) is 0.332. The summed E-state index contributed by atoms with van der Waals surface area (Å²) in [6.45, 7) is 1.52. The second-order valence-electron chi connectivity index (χ2n) is 11.5. The third-order valence-electron chi connectivity index (χ3n) is 8.77. The predicted molar refractivity (Wildman–Crippen MR) is 180 cm³/mol. The van der Waals surface area contributed by atoms with Gasteiger partial charge in [0.25, 0.3) is 0 Å². The van der Waals surface area contributed by atoms with Gasteiger partial charge in [-0.25, -0.2) is 34.3 Å². The maximum atomic E-state index is 15.3. The molecular weight excluding hydrogens is 741 g/mol. The van der Waals surface area contributed by atoms with E-state index in [1.54, 1.807) is 11.5 Å². The molecule has 0 radical (unpaired) electrons. The van der Waals surface area contributed by atoms with Gasteiger partial charge in [-0.1, -0.05) is 12.2 Å². The number of hydrogen-bond donors (Lipinski definition) is 6. The number of imidazole rings is 2. The highest BCUT2D eigenvalue weighted by atomic mass is 32.7. The first-order chi connectivity index (χ1) is 24.2. The molecule has 7 heterocycles. The standard InChI is InChI=1S/C26H29FN10O9P2S2/c1-12-26(7-39)19(46-48(41)50)18(42-12)25(44-26)37-11-35-16-21(31-9-33-23(16)37)29-5-3-2-4-28-20-15-22(32-8-30-20)36(10-34-15)24-14(27)17(45-47(40)49)13(6-38)43-24/h2-3,8-14,17-19,24-25,38-39H,4-7H2,1H3,(H2-2,28,29,30,31,32,33,40,41,49,50)/p+2. The number of halogens is 1. The first-order valence-electron chi connectivity index (χ1n) is 15.1. The number of aromatic nitrogens is 8. The fourth-order valence-corrected chi connectivity index (χ4v) is 8.01. The fourth-order valence-electron chi connectivity index (χ4n) is 6.43. The van der Waals surface area contributed by atoms with E-state index in [0.717, 1.165) is 0 Å². The summed E-state index contributed by atoms with van der Waals surface area (Å²) in [6, 6.07) is 0. The Bertz CT molecular complexity index is 1950. The zero-order chi connectivity index (χ0) is 35.2. The lowest BCUT2D eigenvalue weighted by Crippen LogP contribution is -2.49. The molecule has 4 aromatic heterocycles. The summed E-state index contributed by atoms with van der Waals surface area (Å²) in [6.07, 6.45) is 1.13. The molecule has 0 aliphatic carbocycles. The molecule has 3 saturated heterocycles. The number of nitrogens with zero attached hydrogens (tertiary/aromatic N) is 8. The minimum Gasteiger partial charge on any atom is -0.394 e. The third-order valence-corrected chi connectivity index (χ3v) is 10.2. The SMILES string of the molecule is CC1OC2C(n3cnc4c(NCC=CCNc5ncnc6c5ncn6C5OC(CO)C(O[P+](=O)S)C5F)ncnc43)OC1(CO)C2O[P+](=O)S. The van der Waals surface area contributed by atoms with E-state index in [9.17, 15) is 19.3 Å². The highest BCUT2D eigenvalue weighted by Crippen LogP contribution is 2.53. The molecule has 0 spiro atoms. The van der Waals surface area contributed by atoms with Crippen molar-refractivity contribution in [3.8, 4) is 0 Å². The summed E-state index contributed by atoms with van der Waals surface area (Å²) in [5.74, 6) is 0.860. The number of ether oxygens (including phenoxy) is 3. The largest absolute Gasteiger partial charge is 0.582 e. The van der Waals surface area contributed by atoms with Gasteiger partial charge in [0, 0.05) is 13.1 Å². The lowest BCUT2D eigenvalue weighted by Gasteiger charge is -2.34. The summed E-state index contributed by atoms with van der Waals surface area (Å²) in [7, 11) is -4.71. The Kier molecular flexibility index (Phi) is 10.3. The van der Waals surface area contributed by atoms with Crippen molar-refractivity contribution in [1.29, 1.82) is 0 Å². The number of aliphatic hydroxyl groups is 2. The Morgan fingerprint density at radius 2 is 1.50 bits per heavy atom. The third kappa shape index (κ3) is 6.25. The zero-order valence-electron chi connectivity index (χ0n) is 25.9. The van der Waals surface area contributed by atoms with Crippen molar-refractivity contribution in [3.63, 3.8) is 0 Å². The van der Waals surface area contributed by atoms with Crippen LogP contribution in [0.5, 0.6) is 0 Å². The molecule has 19 nitrogen and oxygen atoms in total. The Balaban J connectivity index is 0.984. The number of alkyl halides is 1. The molecule has 7 rings (SSSR count). The van der Waals surface area contributed by atoms with E-state index in [0.29, 0.717) is 41.4 Å². The van der Waals surface area contributed by atoms with Crippen LogP contribution in [0.25, 0.3) is 22.3 Å². The summed E-state index contributed by atoms with van der Waals surface area (Å²) >= 11 is 7.57. The average Bonchev–Trinajstić information content (AvgIpc) is 3.90. The van der Waals surface area contributed by atoms with E-state index >= 15 is 4.39 Å². The number of thiol groups is 2. The van der Waals surface area contributed by atoms with Crippen molar-refractivity contribution in [2.75, 3.05) is 36.9 Å². The number of anilines is 2. The molecular formula is C26H31FN10O9P2S2+2. The zero-order valence-corrected chi connectivity index (χ0v) is 29.5. The van der Waals surface area contributed by atoms with Crippen molar-refractivity contribution in [2.24, 2.45) is 0 Å². The molecule has 50 heavy (non-hydrogen) atoms. The Morgan fingerprint density at radius 3 is 2.04 bits per heavy atom. The lowest BCUT2D eigenvalue weighted by molar-refractivity contribution is -0.216. The van der Waals surface area contributed by atoms with Gasteiger partial charge >= 0.3 is 14.5 Å². The molecule has 2 bridgehead atoms. The van der Waals surface area contributed by atoms with Crippen molar-refractivity contribution in [3.05, 3.63) is 37.5 Å². The first kappa shape index (κ1) is 35.4. The average molecular weight is 773 g/mol. The van der Waals surface area contributed by atoms with E-state index in [-0.39, 0.29) is 5.65 Å². The van der Waals surface area contributed by atoms with Crippen molar-refractivity contribution >= 4 is 72.9 Å². The van der Waals surface area contributed by atoms with Gasteiger partial charge in [-0.05, 0) is 16.1 Å². The van der Waals surface area contributed by atoms with Crippen molar-refractivity contribution in [1.82, 2.24) is 39.0 Å². The monoisotopic (exact) mass is 772 g/mol. The van der Waals surface area contributed by atoms with Crippen LogP contribution in [0.4, 0.5) is 16.0 Å². The molecule has 3 aliphatic rings. The molecule has 11 atom stereocenters. The minimum absolute atomic E-state index is 0.282. The van der Waals surface area contributed by atoms with Crippen LogP contribution in [-0.4, -0.2) is 118 Å². The van der Waals surface area contributed by atoms with E-state index in [1.165, 1.54) is 29.9 Å². The number of aliphatic hydroxyl groups excluding tert-OH is 2. The van der Waals surface area contributed by atoms with Crippen LogP contribution in [0.3, 0.4) is 0 Å². The molecule has 4 aromatic rings. The van der Waals surface area contributed by atoms with Crippen LogP contribution in [0.1, 0.15) is 19.4 Å².